The molecular formula is C30H36FN3O6S. The van der Waals surface area contributed by atoms with Crippen molar-refractivity contribution < 1.29 is 31.9 Å². The summed E-state index contributed by atoms with van der Waals surface area (Å²) >= 11 is 0. The maximum atomic E-state index is 14.0. The second-order valence-corrected chi connectivity index (χ2v) is 11.7. The molecule has 0 unspecified atom stereocenters. The molecule has 0 heterocycles. The van der Waals surface area contributed by atoms with Gasteiger partial charge in [-0.05, 0) is 69.7 Å². The van der Waals surface area contributed by atoms with Crippen LogP contribution in [0.1, 0.15) is 31.9 Å². The molecule has 2 amide bonds. The molecule has 0 aliphatic carbocycles. The minimum atomic E-state index is -4.37. The summed E-state index contributed by atoms with van der Waals surface area (Å²) in [4.78, 5) is 28.1. The summed E-state index contributed by atoms with van der Waals surface area (Å²) < 4.78 is 53.2. The SMILES string of the molecule is COc1ccc(S(=O)(=O)N(CC(=O)N(Cc2cccc(C)c2)[C@@H](C)C(=O)NC(C)C)c2ccc(F)cc2)cc1OC. The van der Waals surface area contributed by atoms with Crippen LogP contribution in [0.4, 0.5) is 10.1 Å². The highest BCUT2D eigenvalue weighted by molar-refractivity contribution is 7.92. The monoisotopic (exact) mass is 585 g/mol. The summed E-state index contributed by atoms with van der Waals surface area (Å²) in [5.41, 5.74) is 1.82. The Morgan fingerprint density at radius 1 is 0.927 bits per heavy atom. The summed E-state index contributed by atoms with van der Waals surface area (Å²) in [6, 6.07) is 15.3. The van der Waals surface area contributed by atoms with E-state index in [1.165, 1.54) is 49.5 Å². The van der Waals surface area contributed by atoms with Gasteiger partial charge in [0.1, 0.15) is 18.4 Å². The van der Waals surface area contributed by atoms with E-state index in [1.54, 1.807) is 6.92 Å². The first-order valence-corrected chi connectivity index (χ1v) is 14.5. The molecule has 1 N–H and O–H groups in total. The van der Waals surface area contributed by atoms with Crippen molar-refractivity contribution in [2.45, 2.75) is 51.2 Å². The van der Waals surface area contributed by atoms with Crippen LogP contribution in [0.25, 0.3) is 0 Å². The second-order valence-electron chi connectivity index (χ2n) is 9.85. The standard InChI is InChI=1S/C30H36FN3O6S/c1-20(2)32-30(36)22(4)33(18-23-9-7-8-21(3)16-23)29(35)19-34(25-12-10-24(31)11-13-25)41(37,38)26-14-15-27(39-5)28(17-26)40-6/h7-17,20,22H,18-19H2,1-6H3,(H,32,36)/t22-/m0/s1. The molecule has 0 aliphatic rings. The van der Waals surface area contributed by atoms with Crippen molar-refractivity contribution in [3.63, 3.8) is 0 Å². The summed E-state index contributed by atoms with van der Waals surface area (Å²) in [6.45, 7) is 6.55. The highest BCUT2D eigenvalue weighted by Gasteiger charge is 2.33. The fourth-order valence-corrected chi connectivity index (χ4v) is 5.67. The number of amides is 2. The lowest BCUT2D eigenvalue weighted by Crippen LogP contribution is -2.52. The molecular weight excluding hydrogens is 549 g/mol. The average molecular weight is 586 g/mol. The maximum Gasteiger partial charge on any atom is 0.264 e. The number of anilines is 1. The van der Waals surface area contributed by atoms with Crippen LogP contribution in [-0.2, 0) is 26.2 Å². The van der Waals surface area contributed by atoms with E-state index < -0.39 is 34.3 Å². The van der Waals surface area contributed by atoms with Crippen LogP contribution >= 0.6 is 0 Å². The van der Waals surface area contributed by atoms with Crippen molar-refractivity contribution in [2.75, 3.05) is 25.1 Å². The van der Waals surface area contributed by atoms with Crippen molar-refractivity contribution in [1.82, 2.24) is 10.2 Å². The van der Waals surface area contributed by atoms with E-state index in [0.29, 0.717) is 5.75 Å². The molecule has 3 rings (SSSR count). The van der Waals surface area contributed by atoms with Gasteiger partial charge in [0.15, 0.2) is 11.5 Å². The Kier molecular flexibility index (Phi) is 10.3. The number of carbonyl (C=O) groups excluding carboxylic acids is 2. The van der Waals surface area contributed by atoms with E-state index in [4.69, 9.17) is 9.47 Å². The molecule has 0 bridgehead atoms. The number of halogens is 1. The van der Waals surface area contributed by atoms with E-state index in [1.807, 2.05) is 45.0 Å². The summed E-state index contributed by atoms with van der Waals surface area (Å²) in [5.74, 6) is -1.06. The Bertz CT molecular complexity index is 1480. The third-order valence-electron chi connectivity index (χ3n) is 6.37. The third kappa shape index (κ3) is 7.75. The topological polar surface area (TPSA) is 105 Å². The quantitative estimate of drug-likeness (QED) is 0.340. The zero-order valence-corrected chi connectivity index (χ0v) is 24.9. The van der Waals surface area contributed by atoms with Gasteiger partial charge in [0.25, 0.3) is 10.0 Å². The van der Waals surface area contributed by atoms with Gasteiger partial charge in [-0.1, -0.05) is 29.8 Å². The van der Waals surface area contributed by atoms with Crippen LogP contribution in [0.5, 0.6) is 11.5 Å². The number of ether oxygens (including phenoxy) is 2. The molecule has 41 heavy (non-hydrogen) atoms. The van der Waals surface area contributed by atoms with Gasteiger partial charge in [0, 0.05) is 18.7 Å². The van der Waals surface area contributed by atoms with Gasteiger partial charge in [0.2, 0.25) is 11.8 Å². The van der Waals surface area contributed by atoms with E-state index in [0.717, 1.165) is 27.6 Å². The van der Waals surface area contributed by atoms with Crippen LogP contribution in [0.3, 0.4) is 0 Å². The Morgan fingerprint density at radius 2 is 1.59 bits per heavy atom. The fraction of sp³-hybridized carbons (Fsp3) is 0.333. The number of methoxy groups -OCH3 is 2. The molecule has 0 saturated carbocycles. The first-order valence-electron chi connectivity index (χ1n) is 13.0. The number of hydrogen-bond acceptors (Lipinski definition) is 6. The molecule has 220 valence electrons. The number of carbonyl (C=O) groups is 2. The number of rotatable bonds is 12. The normalized spacial score (nSPS) is 12.0. The van der Waals surface area contributed by atoms with E-state index in [2.05, 4.69) is 5.32 Å². The smallest absolute Gasteiger partial charge is 0.264 e. The predicted octanol–water partition coefficient (Wildman–Crippen LogP) is 4.29. The van der Waals surface area contributed by atoms with Gasteiger partial charge in [-0.15, -0.1) is 0 Å². The van der Waals surface area contributed by atoms with Crippen molar-refractivity contribution in [3.8, 4) is 11.5 Å². The van der Waals surface area contributed by atoms with Crippen LogP contribution in [0.2, 0.25) is 0 Å². The Balaban J connectivity index is 2.07. The maximum absolute atomic E-state index is 14.0. The van der Waals surface area contributed by atoms with Crippen molar-refractivity contribution in [2.24, 2.45) is 0 Å². The lowest BCUT2D eigenvalue weighted by molar-refractivity contribution is -0.139. The molecule has 0 spiro atoms. The number of nitrogens with one attached hydrogen (secondary N) is 1. The number of sulfonamides is 1. The summed E-state index contributed by atoms with van der Waals surface area (Å²) in [7, 11) is -1.57. The molecule has 1 atom stereocenters. The van der Waals surface area contributed by atoms with Gasteiger partial charge >= 0.3 is 0 Å². The molecule has 3 aromatic carbocycles. The molecule has 0 saturated heterocycles. The summed E-state index contributed by atoms with van der Waals surface area (Å²) in [6.07, 6.45) is 0. The van der Waals surface area contributed by atoms with Crippen LogP contribution < -0.4 is 19.1 Å². The highest BCUT2D eigenvalue weighted by atomic mass is 32.2. The first kappa shape index (κ1) is 31.4. The first-order chi connectivity index (χ1) is 19.4. The number of benzene rings is 3. The molecule has 9 nitrogen and oxygen atoms in total. The van der Waals surface area contributed by atoms with Crippen LogP contribution in [0.15, 0.2) is 71.6 Å². The lowest BCUT2D eigenvalue weighted by Gasteiger charge is -2.32. The highest BCUT2D eigenvalue weighted by Crippen LogP contribution is 2.32. The molecule has 0 aliphatic heterocycles. The van der Waals surface area contributed by atoms with Gasteiger partial charge in [0.05, 0.1) is 24.8 Å². The number of hydrogen-bond donors (Lipinski definition) is 1. The predicted molar refractivity (Wildman–Crippen MR) is 155 cm³/mol. The van der Waals surface area contributed by atoms with Gasteiger partial charge < -0.3 is 19.7 Å². The van der Waals surface area contributed by atoms with Gasteiger partial charge in [-0.2, -0.15) is 0 Å². The minimum absolute atomic E-state index is 0.0703. The van der Waals surface area contributed by atoms with Crippen molar-refractivity contribution in [3.05, 3.63) is 83.7 Å². The van der Waals surface area contributed by atoms with Crippen molar-refractivity contribution in [1.29, 1.82) is 0 Å². The average Bonchev–Trinajstić information content (AvgIpc) is 2.93. The zero-order valence-electron chi connectivity index (χ0n) is 24.0. The Morgan fingerprint density at radius 3 is 2.17 bits per heavy atom. The largest absolute Gasteiger partial charge is 0.493 e. The molecule has 0 radical (unpaired) electrons. The Labute approximate surface area is 240 Å². The van der Waals surface area contributed by atoms with E-state index >= 15 is 0 Å². The fourth-order valence-electron chi connectivity index (χ4n) is 4.24. The second kappa shape index (κ2) is 13.5. The lowest BCUT2D eigenvalue weighted by atomic mass is 10.1. The molecule has 3 aromatic rings. The number of nitrogens with zero attached hydrogens (tertiary/aromatic N) is 2. The summed E-state index contributed by atoms with van der Waals surface area (Å²) in [5, 5.41) is 2.81. The van der Waals surface area contributed by atoms with Crippen LogP contribution in [0, 0.1) is 12.7 Å². The molecule has 11 heteroatoms. The Hall–Kier alpha value is -4.12. The number of aryl methyl sites for hydroxylation is 1. The zero-order chi connectivity index (χ0) is 30.3. The van der Waals surface area contributed by atoms with Gasteiger partial charge in [-0.25, -0.2) is 12.8 Å². The van der Waals surface area contributed by atoms with E-state index in [9.17, 15) is 22.4 Å². The van der Waals surface area contributed by atoms with Gasteiger partial charge in [-0.3, -0.25) is 13.9 Å². The minimum Gasteiger partial charge on any atom is -0.493 e. The third-order valence-corrected chi connectivity index (χ3v) is 8.14. The van der Waals surface area contributed by atoms with Crippen molar-refractivity contribution >= 4 is 27.5 Å². The molecule has 0 fully saturated rings. The van der Waals surface area contributed by atoms with E-state index in [-0.39, 0.29) is 34.8 Å². The van der Waals surface area contributed by atoms with Crippen LogP contribution in [-0.4, -0.2) is 58.0 Å². The molecule has 0 aromatic heterocycles.